The monoisotopic (exact) mass is 244 g/mol. The molecule has 0 aliphatic carbocycles. The Kier molecular flexibility index (Phi) is 4.35. The van der Waals surface area contributed by atoms with Gasteiger partial charge in [0.05, 0.1) is 9.95 Å². The molecule has 0 N–H and O–H groups in total. The molecule has 1 heterocycles. The van der Waals surface area contributed by atoms with E-state index in [1.54, 1.807) is 0 Å². The zero-order valence-corrected chi connectivity index (χ0v) is 9.05. The predicted molar refractivity (Wildman–Crippen MR) is 58.1 cm³/mol. The first kappa shape index (κ1) is 11.8. The maximum Gasteiger partial charge on any atom is 0.304 e. The molecule has 15 heavy (non-hydrogen) atoms. The summed E-state index contributed by atoms with van der Waals surface area (Å²) in [6.07, 6.45) is 1.78. The maximum absolute atomic E-state index is 10.6. The Bertz CT molecular complexity index is 437. The lowest BCUT2D eigenvalue weighted by Gasteiger charge is -1.94. The first-order valence-corrected chi connectivity index (χ1v) is 4.91. The number of hydrogen-bond donors (Lipinski definition) is 0. The average molecular weight is 245 g/mol. The van der Waals surface area contributed by atoms with E-state index in [0.717, 1.165) is 0 Å². The number of pyridine rings is 1. The zero-order chi connectivity index (χ0) is 11.3. The van der Waals surface area contributed by atoms with Crippen molar-refractivity contribution in [2.75, 3.05) is 5.88 Å². The number of nitrogens with zero attached hydrogens (tertiary/aromatic N) is 2. The van der Waals surface area contributed by atoms with Crippen LogP contribution in [-0.2, 0) is 0 Å². The first-order chi connectivity index (χ1) is 7.15. The number of hydrogen-bond acceptors (Lipinski definition) is 3. The van der Waals surface area contributed by atoms with Crippen LogP contribution >= 0.6 is 23.2 Å². The highest BCUT2D eigenvalue weighted by atomic mass is 35.5. The molecule has 1 aromatic heterocycles. The minimum absolute atomic E-state index is 0.106. The quantitative estimate of drug-likeness (QED) is 0.348. The SMILES string of the molecule is O=[N+]([O-])c1cc(Cl)cnc1C#CCCCl. The van der Waals surface area contributed by atoms with Crippen molar-refractivity contribution in [3.8, 4) is 11.8 Å². The van der Waals surface area contributed by atoms with Crippen LogP contribution in [0.1, 0.15) is 12.1 Å². The van der Waals surface area contributed by atoms with Crippen molar-refractivity contribution in [2.24, 2.45) is 0 Å². The van der Waals surface area contributed by atoms with Gasteiger partial charge in [-0.05, 0) is 5.92 Å². The molecule has 1 aromatic rings. The lowest BCUT2D eigenvalue weighted by Crippen LogP contribution is -1.94. The third-order valence-corrected chi connectivity index (χ3v) is 1.85. The van der Waals surface area contributed by atoms with Gasteiger partial charge < -0.3 is 0 Å². The van der Waals surface area contributed by atoms with Crippen LogP contribution in [0.25, 0.3) is 0 Å². The number of halogens is 2. The van der Waals surface area contributed by atoms with E-state index in [4.69, 9.17) is 23.2 Å². The lowest BCUT2D eigenvalue weighted by molar-refractivity contribution is -0.385. The van der Waals surface area contributed by atoms with Gasteiger partial charge in [0.2, 0.25) is 0 Å². The largest absolute Gasteiger partial charge is 0.304 e. The fourth-order valence-corrected chi connectivity index (χ4v) is 1.10. The third-order valence-electron chi connectivity index (χ3n) is 1.46. The van der Waals surface area contributed by atoms with Crippen molar-refractivity contribution in [1.29, 1.82) is 0 Å². The molecule has 4 nitrogen and oxygen atoms in total. The van der Waals surface area contributed by atoms with E-state index in [9.17, 15) is 10.1 Å². The summed E-state index contributed by atoms with van der Waals surface area (Å²) in [7, 11) is 0. The zero-order valence-electron chi connectivity index (χ0n) is 7.54. The smallest absolute Gasteiger partial charge is 0.258 e. The van der Waals surface area contributed by atoms with Gasteiger partial charge in [0.25, 0.3) is 0 Å². The van der Waals surface area contributed by atoms with Gasteiger partial charge >= 0.3 is 5.69 Å². The number of nitro groups is 1. The van der Waals surface area contributed by atoms with Crippen molar-refractivity contribution in [1.82, 2.24) is 4.98 Å². The van der Waals surface area contributed by atoms with Gasteiger partial charge in [0, 0.05) is 24.6 Å². The first-order valence-electron chi connectivity index (χ1n) is 4.00. The van der Waals surface area contributed by atoms with E-state index in [-0.39, 0.29) is 16.4 Å². The summed E-state index contributed by atoms with van der Waals surface area (Å²) < 4.78 is 0. The molecule has 0 fully saturated rings. The molecule has 0 radical (unpaired) electrons. The van der Waals surface area contributed by atoms with Crippen LogP contribution in [0.15, 0.2) is 12.3 Å². The van der Waals surface area contributed by atoms with Crippen molar-refractivity contribution >= 4 is 28.9 Å². The van der Waals surface area contributed by atoms with Crippen LogP contribution in [-0.4, -0.2) is 15.8 Å². The van der Waals surface area contributed by atoms with Gasteiger partial charge in [0.1, 0.15) is 0 Å². The van der Waals surface area contributed by atoms with Crippen LogP contribution in [0, 0.1) is 22.0 Å². The van der Waals surface area contributed by atoms with E-state index in [1.807, 2.05) is 0 Å². The summed E-state index contributed by atoms with van der Waals surface area (Å²) in [4.78, 5) is 13.8. The number of aromatic nitrogens is 1. The predicted octanol–water partition coefficient (Wildman–Crippen LogP) is 2.62. The second-order valence-corrected chi connectivity index (χ2v) is 3.33. The van der Waals surface area contributed by atoms with Crippen molar-refractivity contribution < 1.29 is 4.92 Å². The Morgan fingerprint density at radius 3 is 2.93 bits per heavy atom. The summed E-state index contributed by atoms with van der Waals surface area (Å²) in [6.45, 7) is 0. The maximum atomic E-state index is 10.6. The molecule has 6 heteroatoms. The minimum Gasteiger partial charge on any atom is -0.258 e. The fourth-order valence-electron chi connectivity index (χ4n) is 0.858. The van der Waals surface area contributed by atoms with E-state index >= 15 is 0 Å². The average Bonchev–Trinajstić information content (AvgIpc) is 2.20. The summed E-state index contributed by atoms with van der Waals surface area (Å²) in [6, 6.07) is 1.22. The standard InChI is InChI=1S/C9H6Cl2N2O2/c10-4-2-1-3-8-9(13(14)15)5-7(11)6-12-8/h5-6H,2,4H2. The minimum atomic E-state index is -0.566. The molecule has 0 bridgehead atoms. The third kappa shape index (κ3) is 3.39. The van der Waals surface area contributed by atoms with Gasteiger partial charge in [-0.15, -0.1) is 11.6 Å². The van der Waals surface area contributed by atoms with Gasteiger partial charge in [-0.25, -0.2) is 4.98 Å². The lowest BCUT2D eigenvalue weighted by atomic mass is 10.3. The molecule has 1 rings (SSSR count). The van der Waals surface area contributed by atoms with E-state index in [2.05, 4.69) is 16.8 Å². The van der Waals surface area contributed by atoms with Gasteiger partial charge in [-0.3, -0.25) is 10.1 Å². The van der Waals surface area contributed by atoms with Gasteiger partial charge in [-0.1, -0.05) is 17.5 Å². The molecular weight excluding hydrogens is 239 g/mol. The van der Waals surface area contributed by atoms with Gasteiger partial charge in [0.15, 0.2) is 5.69 Å². The highest BCUT2D eigenvalue weighted by Crippen LogP contribution is 2.19. The van der Waals surface area contributed by atoms with Crippen LogP contribution in [0.3, 0.4) is 0 Å². The molecular formula is C9H6Cl2N2O2. The Hall–Kier alpha value is -1.31. The Balaban J connectivity index is 3.08. The van der Waals surface area contributed by atoms with E-state index in [1.165, 1.54) is 12.3 Å². The highest BCUT2D eigenvalue weighted by molar-refractivity contribution is 6.30. The molecule has 0 saturated carbocycles. The van der Waals surface area contributed by atoms with Crippen LogP contribution in [0.2, 0.25) is 5.02 Å². The summed E-state index contributed by atoms with van der Waals surface area (Å²) in [5, 5.41) is 10.8. The molecule has 78 valence electrons. The molecule has 0 unspecified atom stereocenters. The molecule has 0 aliphatic rings. The van der Waals surface area contributed by atoms with Crippen LogP contribution in [0.5, 0.6) is 0 Å². The van der Waals surface area contributed by atoms with Crippen LogP contribution in [0.4, 0.5) is 5.69 Å². The van der Waals surface area contributed by atoms with Crippen LogP contribution < -0.4 is 0 Å². The van der Waals surface area contributed by atoms with E-state index < -0.39 is 4.92 Å². The van der Waals surface area contributed by atoms with Gasteiger partial charge in [-0.2, -0.15) is 0 Å². The Morgan fingerprint density at radius 1 is 1.60 bits per heavy atom. The van der Waals surface area contributed by atoms with E-state index in [0.29, 0.717) is 12.3 Å². The Labute approximate surface area is 96.4 Å². The summed E-state index contributed by atoms with van der Waals surface area (Å²) >= 11 is 11.0. The van der Waals surface area contributed by atoms with Crippen molar-refractivity contribution in [2.45, 2.75) is 6.42 Å². The van der Waals surface area contributed by atoms with Crippen molar-refractivity contribution in [3.05, 3.63) is 33.1 Å². The number of rotatable bonds is 2. The van der Waals surface area contributed by atoms with Crippen molar-refractivity contribution in [3.63, 3.8) is 0 Å². The molecule has 0 atom stereocenters. The Morgan fingerprint density at radius 2 is 2.33 bits per heavy atom. The second-order valence-electron chi connectivity index (χ2n) is 2.52. The highest BCUT2D eigenvalue weighted by Gasteiger charge is 2.13. The molecule has 0 amide bonds. The summed E-state index contributed by atoms with van der Waals surface area (Å²) in [5.41, 5.74) is -0.0842. The molecule has 0 aliphatic heterocycles. The topological polar surface area (TPSA) is 56.0 Å². The summed E-state index contributed by atoms with van der Waals surface area (Å²) in [5.74, 6) is 5.63. The molecule has 0 spiro atoms. The molecule has 0 aromatic carbocycles. The number of alkyl halides is 1. The fraction of sp³-hybridized carbons (Fsp3) is 0.222. The second kappa shape index (κ2) is 5.54. The molecule has 0 saturated heterocycles. The normalized spacial score (nSPS) is 9.20.